The van der Waals surface area contributed by atoms with Gasteiger partial charge < -0.3 is 25.2 Å². The van der Waals surface area contributed by atoms with E-state index in [0.717, 1.165) is 13.2 Å². The summed E-state index contributed by atoms with van der Waals surface area (Å²) >= 11 is 0. The Labute approximate surface area is 109 Å². The third-order valence-corrected chi connectivity index (χ3v) is 1.52. The van der Waals surface area contributed by atoms with Crippen molar-refractivity contribution in [2.75, 3.05) is 33.0 Å². The van der Waals surface area contributed by atoms with Crippen molar-refractivity contribution in [1.29, 1.82) is 0 Å². The fourth-order valence-electron chi connectivity index (χ4n) is 0.595. The summed E-state index contributed by atoms with van der Waals surface area (Å²) in [5, 5.41) is 30.3. The highest BCUT2D eigenvalue weighted by molar-refractivity contribution is 5.67. The summed E-state index contributed by atoms with van der Waals surface area (Å²) in [6, 6.07) is 0. The largest absolute Gasteiger partial charge is 0.480 e. The summed E-state index contributed by atoms with van der Waals surface area (Å²) in [4.78, 5) is 9.12. The molecule has 0 fully saturated rings. The topological polar surface area (TPSA) is 107 Å². The second kappa shape index (κ2) is 25.2. The maximum atomic E-state index is 9.12. The Bertz CT molecular complexity index is 133. The molecule has 0 aliphatic rings. The number of carbonyl (C=O) groups is 1. The molecule has 0 radical (unpaired) electrons. The van der Waals surface area contributed by atoms with E-state index in [1.54, 1.807) is 0 Å². The summed E-state index contributed by atoms with van der Waals surface area (Å²) in [5.41, 5.74) is 0. The first kappa shape index (κ1) is 22.5. The minimum Gasteiger partial charge on any atom is -0.480 e. The van der Waals surface area contributed by atoms with E-state index >= 15 is 0 Å². The zero-order valence-electron chi connectivity index (χ0n) is 11.5. The Morgan fingerprint density at radius 3 is 1.44 bits per heavy atom. The molecular weight excluding hydrogens is 240 g/mol. The van der Waals surface area contributed by atoms with Crippen LogP contribution in [0.1, 0.15) is 39.5 Å². The Kier molecular flexibility index (Phi) is 31.5. The zero-order chi connectivity index (χ0) is 14.6. The standard InChI is InChI=1S/C8H18O.C2H4O3.C2H6O2/c1-3-5-7-9-8-6-4-2;3-1-2(4)5;3-1-2-4/h3-8H2,1-2H3;3H,1H2,(H,4,5);3-4H,1-2H2. The van der Waals surface area contributed by atoms with Crippen LogP contribution in [0.25, 0.3) is 0 Å². The number of hydrogen-bond donors (Lipinski definition) is 4. The van der Waals surface area contributed by atoms with Crippen LogP contribution in [0.3, 0.4) is 0 Å². The first-order valence-corrected chi connectivity index (χ1v) is 6.22. The molecule has 0 unspecified atom stereocenters. The number of ether oxygens (including phenoxy) is 1. The molecule has 0 amide bonds. The Hall–Kier alpha value is -0.690. The molecule has 18 heavy (non-hydrogen) atoms. The minimum atomic E-state index is -1.19. The predicted octanol–water partition coefficient (Wildman–Crippen LogP) is 0.638. The van der Waals surface area contributed by atoms with Crippen molar-refractivity contribution in [2.24, 2.45) is 0 Å². The van der Waals surface area contributed by atoms with Gasteiger partial charge in [-0.05, 0) is 12.8 Å². The summed E-state index contributed by atoms with van der Waals surface area (Å²) < 4.78 is 5.31. The maximum absolute atomic E-state index is 9.12. The van der Waals surface area contributed by atoms with Crippen molar-refractivity contribution in [3.8, 4) is 0 Å². The summed E-state index contributed by atoms with van der Waals surface area (Å²) in [7, 11) is 0. The van der Waals surface area contributed by atoms with Gasteiger partial charge in [-0.3, -0.25) is 0 Å². The summed E-state index contributed by atoms with van der Waals surface area (Å²) in [6.07, 6.45) is 4.91. The maximum Gasteiger partial charge on any atom is 0.329 e. The SMILES string of the molecule is CCCCOCCCC.O=C(O)CO.OCCO. The second-order valence-corrected chi connectivity index (χ2v) is 3.32. The highest BCUT2D eigenvalue weighted by Crippen LogP contribution is 1.91. The summed E-state index contributed by atoms with van der Waals surface area (Å²) in [5.74, 6) is -1.19. The molecule has 0 aromatic carbocycles. The first-order chi connectivity index (χ1) is 8.60. The van der Waals surface area contributed by atoms with Gasteiger partial charge in [0.05, 0.1) is 13.2 Å². The van der Waals surface area contributed by atoms with Crippen LogP contribution in [0.15, 0.2) is 0 Å². The molecule has 4 N–H and O–H groups in total. The number of aliphatic hydroxyl groups excluding tert-OH is 3. The molecule has 0 rings (SSSR count). The van der Waals surface area contributed by atoms with Gasteiger partial charge in [-0.15, -0.1) is 0 Å². The Morgan fingerprint density at radius 2 is 1.28 bits per heavy atom. The van der Waals surface area contributed by atoms with Gasteiger partial charge in [0.25, 0.3) is 0 Å². The molecule has 0 aromatic rings. The van der Waals surface area contributed by atoms with Crippen LogP contribution in [0.5, 0.6) is 0 Å². The smallest absolute Gasteiger partial charge is 0.329 e. The van der Waals surface area contributed by atoms with E-state index in [2.05, 4.69) is 13.8 Å². The monoisotopic (exact) mass is 268 g/mol. The molecule has 0 spiro atoms. The first-order valence-electron chi connectivity index (χ1n) is 6.22. The normalized spacial score (nSPS) is 8.72. The third kappa shape index (κ3) is 45.4. The molecule has 6 heteroatoms. The molecule has 0 aromatic heterocycles. The lowest BCUT2D eigenvalue weighted by Gasteiger charge is -1.99. The Morgan fingerprint density at radius 1 is 0.944 bits per heavy atom. The van der Waals surface area contributed by atoms with E-state index in [-0.39, 0.29) is 13.2 Å². The van der Waals surface area contributed by atoms with Crippen LogP contribution >= 0.6 is 0 Å². The average Bonchev–Trinajstić information content (AvgIpc) is 2.39. The molecule has 112 valence electrons. The van der Waals surface area contributed by atoms with Gasteiger partial charge in [0, 0.05) is 13.2 Å². The second-order valence-electron chi connectivity index (χ2n) is 3.32. The van der Waals surface area contributed by atoms with Gasteiger partial charge in [-0.25, -0.2) is 4.79 Å². The number of aliphatic carboxylic acids is 1. The zero-order valence-corrected chi connectivity index (χ0v) is 11.5. The van der Waals surface area contributed by atoms with Gasteiger partial charge in [0.1, 0.15) is 6.61 Å². The van der Waals surface area contributed by atoms with Crippen LogP contribution < -0.4 is 0 Å². The third-order valence-electron chi connectivity index (χ3n) is 1.52. The van der Waals surface area contributed by atoms with E-state index in [1.807, 2.05) is 0 Å². The number of hydrogen-bond acceptors (Lipinski definition) is 5. The van der Waals surface area contributed by atoms with Crippen LogP contribution in [0.4, 0.5) is 0 Å². The van der Waals surface area contributed by atoms with Crippen molar-refractivity contribution < 1.29 is 30.0 Å². The van der Waals surface area contributed by atoms with Gasteiger partial charge in [0.2, 0.25) is 0 Å². The Balaban J connectivity index is -0.000000212. The van der Waals surface area contributed by atoms with Gasteiger partial charge in [-0.1, -0.05) is 26.7 Å². The van der Waals surface area contributed by atoms with E-state index in [4.69, 9.17) is 30.0 Å². The number of aliphatic hydroxyl groups is 3. The number of carboxylic acids is 1. The van der Waals surface area contributed by atoms with Crippen molar-refractivity contribution in [3.63, 3.8) is 0 Å². The van der Waals surface area contributed by atoms with Crippen LogP contribution in [0.2, 0.25) is 0 Å². The quantitative estimate of drug-likeness (QED) is 0.481. The van der Waals surface area contributed by atoms with E-state index < -0.39 is 12.6 Å². The fraction of sp³-hybridized carbons (Fsp3) is 0.917. The highest BCUT2D eigenvalue weighted by atomic mass is 16.5. The molecule has 0 bridgehead atoms. The van der Waals surface area contributed by atoms with Gasteiger partial charge >= 0.3 is 5.97 Å². The van der Waals surface area contributed by atoms with E-state index in [0.29, 0.717) is 0 Å². The van der Waals surface area contributed by atoms with Crippen molar-refractivity contribution in [3.05, 3.63) is 0 Å². The lowest BCUT2D eigenvalue weighted by molar-refractivity contribution is -0.140. The molecule has 0 aliphatic carbocycles. The molecule has 0 saturated carbocycles. The minimum absolute atomic E-state index is 0.125. The predicted molar refractivity (Wildman–Crippen MR) is 69.5 cm³/mol. The number of unbranched alkanes of at least 4 members (excludes halogenated alkanes) is 2. The van der Waals surface area contributed by atoms with Crippen molar-refractivity contribution in [2.45, 2.75) is 39.5 Å². The van der Waals surface area contributed by atoms with Gasteiger partial charge in [0.15, 0.2) is 0 Å². The van der Waals surface area contributed by atoms with E-state index in [1.165, 1.54) is 25.7 Å². The number of carboxylic acid groups (broad SMARTS) is 1. The molecule has 0 saturated heterocycles. The van der Waals surface area contributed by atoms with E-state index in [9.17, 15) is 0 Å². The van der Waals surface area contributed by atoms with Crippen LogP contribution in [0, 0.1) is 0 Å². The lowest BCUT2D eigenvalue weighted by Crippen LogP contribution is -1.98. The van der Waals surface area contributed by atoms with Crippen molar-refractivity contribution >= 4 is 5.97 Å². The molecule has 0 heterocycles. The lowest BCUT2D eigenvalue weighted by atomic mass is 10.3. The van der Waals surface area contributed by atoms with Crippen molar-refractivity contribution in [1.82, 2.24) is 0 Å². The number of rotatable bonds is 8. The summed E-state index contributed by atoms with van der Waals surface area (Å²) in [6.45, 7) is 5.25. The molecule has 0 aliphatic heterocycles. The molecular formula is C12H28O6. The molecule has 6 nitrogen and oxygen atoms in total. The molecule has 0 atom stereocenters. The average molecular weight is 268 g/mol. The fourth-order valence-corrected chi connectivity index (χ4v) is 0.595. The van der Waals surface area contributed by atoms with Crippen LogP contribution in [-0.2, 0) is 9.53 Å². The highest BCUT2D eigenvalue weighted by Gasteiger charge is 1.84. The van der Waals surface area contributed by atoms with Gasteiger partial charge in [-0.2, -0.15) is 0 Å². The van der Waals surface area contributed by atoms with Crippen LogP contribution in [-0.4, -0.2) is 59.4 Å².